The number of hydrogen-bond donors (Lipinski definition) is 1. The van der Waals surface area contributed by atoms with Gasteiger partial charge in [-0.15, -0.1) is 0 Å². The summed E-state index contributed by atoms with van der Waals surface area (Å²) in [5, 5.41) is 3.46. The molecule has 152 valence electrons. The van der Waals surface area contributed by atoms with Crippen LogP contribution in [0.1, 0.15) is 30.0 Å². The summed E-state index contributed by atoms with van der Waals surface area (Å²) in [5.74, 6) is 0.286. The Bertz CT molecular complexity index is 1020. The van der Waals surface area contributed by atoms with Crippen LogP contribution in [-0.2, 0) is 9.53 Å². The molecule has 7 heteroatoms. The highest BCUT2D eigenvalue weighted by molar-refractivity contribution is 5.99. The minimum absolute atomic E-state index is 0.0674. The van der Waals surface area contributed by atoms with Gasteiger partial charge >= 0.3 is 5.97 Å². The van der Waals surface area contributed by atoms with E-state index in [0.717, 1.165) is 5.39 Å². The Morgan fingerprint density at radius 3 is 2.45 bits per heavy atom. The molecule has 0 aliphatic rings. The zero-order chi connectivity index (χ0) is 21.0. The Hall–Kier alpha value is -3.48. The molecule has 1 aromatic heterocycles. The number of fused-ring (bicyclic) bond motifs is 1. The SMILES string of the molecule is CCOc1ccc2oc(C(=O)O[C@@H](C)C(=O)Nc3ccc(OC)cc3)c(C)c2c1. The topological polar surface area (TPSA) is 87.0 Å². The second-order valence-corrected chi connectivity index (χ2v) is 6.41. The van der Waals surface area contributed by atoms with Gasteiger partial charge in [0.25, 0.3) is 5.91 Å². The van der Waals surface area contributed by atoms with Crippen molar-refractivity contribution in [3.8, 4) is 11.5 Å². The molecule has 0 saturated carbocycles. The highest BCUT2D eigenvalue weighted by Crippen LogP contribution is 2.29. The third-order valence-corrected chi connectivity index (χ3v) is 4.41. The van der Waals surface area contributed by atoms with Crippen LogP contribution < -0.4 is 14.8 Å². The van der Waals surface area contributed by atoms with Crippen LogP contribution in [0, 0.1) is 6.92 Å². The molecule has 2 aromatic carbocycles. The molecule has 0 unspecified atom stereocenters. The van der Waals surface area contributed by atoms with Crippen LogP contribution in [0.15, 0.2) is 46.9 Å². The number of esters is 1. The van der Waals surface area contributed by atoms with Crippen molar-refractivity contribution in [1.29, 1.82) is 0 Å². The smallest absolute Gasteiger partial charge is 0.375 e. The molecule has 3 aromatic rings. The van der Waals surface area contributed by atoms with Crippen LogP contribution in [-0.4, -0.2) is 31.7 Å². The maximum Gasteiger partial charge on any atom is 0.375 e. The van der Waals surface area contributed by atoms with E-state index in [-0.39, 0.29) is 5.76 Å². The molecular weight excluding hydrogens is 374 g/mol. The van der Waals surface area contributed by atoms with Gasteiger partial charge in [-0.1, -0.05) is 0 Å². The number of benzene rings is 2. The van der Waals surface area contributed by atoms with Crippen molar-refractivity contribution < 1.29 is 28.2 Å². The summed E-state index contributed by atoms with van der Waals surface area (Å²) in [6.45, 7) is 5.70. The lowest BCUT2D eigenvalue weighted by atomic mass is 10.1. The fraction of sp³-hybridized carbons (Fsp3) is 0.273. The van der Waals surface area contributed by atoms with Gasteiger partial charge in [-0.2, -0.15) is 0 Å². The Morgan fingerprint density at radius 1 is 1.10 bits per heavy atom. The molecule has 0 spiro atoms. The van der Waals surface area contributed by atoms with Gasteiger partial charge < -0.3 is 23.9 Å². The number of furan rings is 1. The summed E-state index contributed by atoms with van der Waals surface area (Å²) in [7, 11) is 1.56. The number of methoxy groups -OCH3 is 1. The summed E-state index contributed by atoms with van der Waals surface area (Å²) in [5.41, 5.74) is 1.75. The summed E-state index contributed by atoms with van der Waals surface area (Å²) in [4.78, 5) is 24.9. The van der Waals surface area contributed by atoms with Crippen LogP contribution in [0.3, 0.4) is 0 Å². The van der Waals surface area contributed by atoms with Crippen molar-refractivity contribution in [3.05, 3.63) is 53.8 Å². The van der Waals surface area contributed by atoms with Crippen molar-refractivity contribution in [3.63, 3.8) is 0 Å². The minimum atomic E-state index is -1.00. The molecule has 0 aliphatic carbocycles. The second-order valence-electron chi connectivity index (χ2n) is 6.41. The lowest BCUT2D eigenvalue weighted by Gasteiger charge is -2.13. The molecular formula is C22H23NO6. The van der Waals surface area contributed by atoms with Crippen molar-refractivity contribution in [1.82, 2.24) is 0 Å². The van der Waals surface area contributed by atoms with Crippen LogP contribution in [0.5, 0.6) is 11.5 Å². The van der Waals surface area contributed by atoms with E-state index in [4.69, 9.17) is 18.6 Å². The van der Waals surface area contributed by atoms with E-state index in [1.807, 2.05) is 13.0 Å². The van der Waals surface area contributed by atoms with Crippen LogP contribution in [0.4, 0.5) is 5.69 Å². The van der Waals surface area contributed by atoms with E-state index >= 15 is 0 Å². The molecule has 1 amide bonds. The van der Waals surface area contributed by atoms with Crippen molar-refractivity contribution in [2.24, 2.45) is 0 Å². The number of carbonyl (C=O) groups is 2. The molecule has 1 N–H and O–H groups in total. The first kappa shape index (κ1) is 20.3. The normalized spacial score (nSPS) is 11.7. The fourth-order valence-corrected chi connectivity index (χ4v) is 2.84. The molecule has 0 saturated heterocycles. The molecule has 1 heterocycles. The molecule has 7 nitrogen and oxygen atoms in total. The summed E-state index contributed by atoms with van der Waals surface area (Å²) in [6.07, 6.45) is -1.00. The number of anilines is 1. The van der Waals surface area contributed by atoms with E-state index in [9.17, 15) is 9.59 Å². The third-order valence-electron chi connectivity index (χ3n) is 4.41. The Balaban J connectivity index is 1.69. The van der Waals surface area contributed by atoms with Gasteiger partial charge in [-0.3, -0.25) is 4.79 Å². The predicted molar refractivity (Wildman–Crippen MR) is 109 cm³/mol. The molecule has 0 radical (unpaired) electrons. The average molecular weight is 397 g/mol. The highest BCUT2D eigenvalue weighted by Gasteiger charge is 2.24. The van der Waals surface area contributed by atoms with Gasteiger partial charge in [0.2, 0.25) is 5.76 Å². The predicted octanol–water partition coefficient (Wildman–Crippen LogP) is 4.33. The first-order valence-corrected chi connectivity index (χ1v) is 9.24. The molecule has 3 rings (SSSR count). The Morgan fingerprint density at radius 2 is 1.79 bits per heavy atom. The number of hydrogen-bond acceptors (Lipinski definition) is 6. The standard InChI is InChI=1S/C22H23NO6/c1-5-27-17-10-11-19-18(12-17)13(2)20(29-19)22(25)28-14(3)21(24)23-15-6-8-16(26-4)9-7-15/h6-12,14H,5H2,1-4H3,(H,23,24)/t14-/m0/s1. The lowest BCUT2D eigenvalue weighted by molar-refractivity contribution is -0.123. The molecule has 0 fully saturated rings. The summed E-state index contributed by atoms with van der Waals surface area (Å²) < 4.78 is 21.5. The van der Waals surface area contributed by atoms with E-state index in [2.05, 4.69) is 5.32 Å². The first-order chi connectivity index (χ1) is 13.9. The van der Waals surface area contributed by atoms with Crippen molar-refractivity contribution in [2.45, 2.75) is 26.9 Å². The van der Waals surface area contributed by atoms with Crippen LogP contribution in [0.2, 0.25) is 0 Å². The maximum atomic E-state index is 12.6. The zero-order valence-corrected chi connectivity index (χ0v) is 16.8. The number of amides is 1. The van der Waals surface area contributed by atoms with Crippen molar-refractivity contribution >= 4 is 28.5 Å². The average Bonchev–Trinajstić information content (AvgIpc) is 3.05. The number of ether oxygens (including phenoxy) is 3. The zero-order valence-electron chi connectivity index (χ0n) is 16.8. The third kappa shape index (κ3) is 4.51. The van der Waals surface area contributed by atoms with Gasteiger partial charge in [0.1, 0.15) is 17.1 Å². The van der Waals surface area contributed by atoms with Crippen LogP contribution >= 0.6 is 0 Å². The van der Waals surface area contributed by atoms with E-state index < -0.39 is 18.0 Å². The van der Waals surface area contributed by atoms with Gasteiger partial charge in [0, 0.05) is 16.6 Å². The van der Waals surface area contributed by atoms with Gasteiger partial charge in [-0.25, -0.2) is 4.79 Å². The summed E-state index contributed by atoms with van der Waals surface area (Å²) >= 11 is 0. The molecule has 1 atom stereocenters. The Labute approximate surface area is 168 Å². The number of carbonyl (C=O) groups excluding carboxylic acids is 2. The van der Waals surface area contributed by atoms with E-state index in [1.165, 1.54) is 6.92 Å². The number of rotatable bonds is 7. The maximum absolute atomic E-state index is 12.6. The fourth-order valence-electron chi connectivity index (χ4n) is 2.84. The number of aryl methyl sites for hydroxylation is 1. The van der Waals surface area contributed by atoms with Crippen LogP contribution in [0.25, 0.3) is 11.0 Å². The lowest BCUT2D eigenvalue weighted by Crippen LogP contribution is -2.30. The minimum Gasteiger partial charge on any atom is -0.497 e. The number of nitrogens with one attached hydrogen (secondary N) is 1. The molecule has 0 aliphatic heterocycles. The quantitative estimate of drug-likeness (QED) is 0.597. The van der Waals surface area contributed by atoms with Gasteiger partial charge in [0.05, 0.1) is 13.7 Å². The second kappa shape index (κ2) is 8.68. The summed E-state index contributed by atoms with van der Waals surface area (Å²) in [6, 6.07) is 12.2. The van der Waals surface area contributed by atoms with E-state index in [0.29, 0.717) is 34.9 Å². The highest BCUT2D eigenvalue weighted by atomic mass is 16.6. The molecule has 29 heavy (non-hydrogen) atoms. The Kier molecular flexibility index (Phi) is 6.07. The van der Waals surface area contributed by atoms with Gasteiger partial charge in [-0.05, 0) is 63.2 Å². The van der Waals surface area contributed by atoms with E-state index in [1.54, 1.807) is 50.4 Å². The van der Waals surface area contributed by atoms with Crippen molar-refractivity contribution in [2.75, 3.05) is 19.0 Å². The van der Waals surface area contributed by atoms with Gasteiger partial charge in [0.15, 0.2) is 6.10 Å². The monoisotopic (exact) mass is 397 g/mol. The first-order valence-electron chi connectivity index (χ1n) is 9.24. The molecule has 0 bridgehead atoms. The largest absolute Gasteiger partial charge is 0.497 e.